The van der Waals surface area contributed by atoms with Gasteiger partial charge in [-0.05, 0) is 44.0 Å². The second-order valence-electron chi connectivity index (χ2n) is 6.50. The van der Waals surface area contributed by atoms with Gasteiger partial charge in [-0.25, -0.2) is 9.78 Å². The van der Waals surface area contributed by atoms with Crippen LogP contribution in [0.1, 0.15) is 37.2 Å². The van der Waals surface area contributed by atoms with E-state index in [1.165, 1.54) is 24.2 Å². The van der Waals surface area contributed by atoms with Gasteiger partial charge in [-0.15, -0.1) is 0 Å². The molecule has 25 heavy (non-hydrogen) atoms. The molecule has 0 spiro atoms. The maximum Gasteiger partial charge on any atom is 0.324 e. The zero-order valence-corrected chi connectivity index (χ0v) is 15.0. The molecule has 0 saturated heterocycles. The molecule has 1 aliphatic carbocycles. The Labute approximate surface area is 150 Å². The molecule has 0 atom stereocenters. The smallest absolute Gasteiger partial charge is 0.324 e. The molecule has 2 heterocycles. The van der Waals surface area contributed by atoms with Crippen molar-refractivity contribution < 1.29 is 9.21 Å². The first-order chi connectivity index (χ1) is 12.2. The Morgan fingerprint density at radius 2 is 2.08 bits per heavy atom. The number of fused-ring (bicyclic) bond motifs is 1. The second kappa shape index (κ2) is 6.88. The quantitative estimate of drug-likeness (QED) is 0.702. The van der Waals surface area contributed by atoms with Crippen LogP contribution in [0.3, 0.4) is 0 Å². The van der Waals surface area contributed by atoms with Crippen molar-refractivity contribution >= 4 is 32.7 Å². The molecule has 0 aliphatic heterocycles. The van der Waals surface area contributed by atoms with Gasteiger partial charge in [0.15, 0.2) is 5.13 Å². The SMILES string of the molecule is Cc1ccc(CN(C(=O)Nc2nc3ccccc3s2)C2CCCC2)o1. The lowest BCUT2D eigenvalue weighted by atomic mass is 10.2. The highest BCUT2D eigenvalue weighted by Crippen LogP contribution is 2.28. The number of furan rings is 1. The molecular formula is C19H21N3O2S. The van der Waals surface area contributed by atoms with E-state index < -0.39 is 0 Å². The minimum Gasteiger partial charge on any atom is -0.464 e. The summed E-state index contributed by atoms with van der Waals surface area (Å²) >= 11 is 1.50. The van der Waals surface area contributed by atoms with E-state index >= 15 is 0 Å². The van der Waals surface area contributed by atoms with Crippen molar-refractivity contribution in [1.29, 1.82) is 0 Å². The van der Waals surface area contributed by atoms with Crippen LogP contribution in [0.5, 0.6) is 0 Å². The number of anilines is 1. The van der Waals surface area contributed by atoms with Crippen LogP contribution in [0.15, 0.2) is 40.8 Å². The maximum absolute atomic E-state index is 12.9. The van der Waals surface area contributed by atoms with E-state index in [1.54, 1.807) is 0 Å². The van der Waals surface area contributed by atoms with E-state index in [4.69, 9.17) is 4.42 Å². The van der Waals surface area contributed by atoms with Gasteiger partial charge in [-0.3, -0.25) is 5.32 Å². The lowest BCUT2D eigenvalue weighted by Crippen LogP contribution is -2.41. The molecule has 0 radical (unpaired) electrons. The Kier molecular flexibility index (Phi) is 4.44. The molecule has 1 saturated carbocycles. The van der Waals surface area contributed by atoms with Crippen LogP contribution >= 0.6 is 11.3 Å². The van der Waals surface area contributed by atoms with Gasteiger partial charge < -0.3 is 9.32 Å². The average molecular weight is 355 g/mol. The lowest BCUT2D eigenvalue weighted by Gasteiger charge is -2.27. The first-order valence-corrected chi connectivity index (χ1v) is 9.49. The Bertz CT molecular complexity index is 847. The number of thiazole rings is 1. The molecule has 4 rings (SSSR count). The minimum atomic E-state index is -0.0972. The Hall–Kier alpha value is -2.34. The van der Waals surface area contributed by atoms with Gasteiger partial charge >= 0.3 is 6.03 Å². The van der Waals surface area contributed by atoms with E-state index in [0.717, 1.165) is 34.6 Å². The Morgan fingerprint density at radius 3 is 2.80 bits per heavy atom. The van der Waals surface area contributed by atoms with Crippen molar-refractivity contribution in [3.63, 3.8) is 0 Å². The molecule has 0 unspecified atom stereocenters. The van der Waals surface area contributed by atoms with Crippen LogP contribution in [0.25, 0.3) is 10.2 Å². The number of para-hydroxylation sites is 1. The zero-order chi connectivity index (χ0) is 17.2. The molecule has 1 aromatic carbocycles. The summed E-state index contributed by atoms with van der Waals surface area (Å²) in [5.74, 6) is 1.69. The monoisotopic (exact) mass is 355 g/mol. The van der Waals surface area contributed by atoms with E-state index in [-0.39, 0.29) is 12.1 Å². The van der Waals surface area contributed by atoms with E-state index in [1.807, 2.05) is 48.2 Å². The van der Waals surface area contributed by atoms with Gasteiger partial charge in [0.1, 0.15) is 11.5 Å². The average Bonchev–Trinajstić information content (AvgIpc) is 3.32. The van der Waals surface area contributed by atoms with E-state index in [9.17, 15) is 4.79 Å². The highest BCUT2D eigenvalue weighted by molar-refractivity contribution is 7.22. The summed E-state index contributed by atoms with van der Waals surface area (Å²) in [7, 11) is 0. The van der Waals surface area contributed by atoms with Gasteiger partial charge in [0.25, 0.3) is 0 Å². The molecule has 2 amide bonds. The highest BCUT2D eigenvalue weighted by atomic mass is 32.1. The van der Waals surface area contributed by atoms with Crippen molar-refractivity contribution in [3.8, 4) is 0 Å². The maximum atomic E-state index is 12.9. The first kappa shape index (κ1) is 16.1. The van der Waals surface area contributed by atoms with Crippen molar-refractivity contribution in [2.75, 3.05) is 5.32 Å². The number of benzene rings is 1. The Morgan fingerprint density at radius 1 is 1.28 bits per heavy atom. The number of carbonyl (C=O) groups is 1. The number of nitrogens with one attached hydrogen (secondary N) is 1. The third kappa shape index (κ3) is 3.54. The molecule has 1 fully saturated rings. The van der Waals surface area contributed by atoms with Gasteiger partial charge in [-0.1, -0.05) is 36.3 Å². The molecule has 0 bridgehead atoms. The van der Waals surface area contributed by atoms with Gasteiger partial charge in [-0.2, -0.15) is 0 Å². The summed E-state index contributed by atoms with van der Waals surface area (Å²) < 4.78 is 6.76. The van der Waals surface area contributed by atoms with Gasteiger partial charge in [0.2, 0.25) is 0 Å². The van der Waals surface area contributed by atoms with Gasteiger partial charge in [0, 0.05) is 6.04 Å². The number of aromatic nitrogens is 1. The molecule has 1 aliphatic rings. The minimum absolute atomic E-state index is 0.0972. The zero-order valence-electron chi connectivity index (χ0n) is 14.2. The van der Waals surface area contributed by atoms with E-state index in [2.05, 4.69) is 10.3 Å². The van der Waals surface area contributed by atoms with Crippen molar-refractivity contribution in [2.24, 2.45) is 0 Å². The third-order valence-electron chi connectivity index (χ3n) is 4.66. The molecule has 2 aromatic heterocycles. The summed E-state index contributed by atoms with van der Waals surface area (Å²) in [6.07, 6.45) is 4.44. The van der Waals surface area contributed by atoms with Crippen LogP contribution in [0.4, 0.5) is 9.93 Å². The predicted octanol–water partition coefficient (Wildman–Crippen LogP) is 5.17. The van der Waals surface area contributed by atoms with Crippen molar-refractivity contribution in [3.05, 3.63) is 47.9 Å². The number of aryl methyl sites for hydroxylation is 1. The lowest BCUT2D eigenvalue weighted by molar-refractivity contribution is 0.178. The standard InChI is InChI=1S/C19H21N3O2S/c1-13-10-11-15(24-13)12-22(14-6-2-3-7-14)19(23)21-18-20-16-8-4-5-9-17(16)25-18/h4-5,8-11,14H,2-3,6-7,12H2,1H3,(H,20,21,23). The Balaban J connectivity index is 1.53. The van der Waals surface area contributed by atoms with E-state index in [0.29, 0.717) is 11.7 Å². The van der Waals surface area contributed by atoms with Gasteiger partial charge in [0.05, 0.1) is 16.8 Å². The number of amides is 2. The summed E-state index contributed by atoms with van der Waals surface area (Å²) in [4.78, 5) is 19.3. The number of nitrogens with zero attached hydrogens (tertiary/aromatic N) is 2. The molecule has 130 valence electrons. The number of hydrogen-bond acceptors (Lipinski definition) is 4. The summed E-state index contributed by atoms with van der Waals surface area (Å²) in [5.41, 5.74) is 0.914. The number of rotatable bonds is 4. The molecule has 6 heteroatoms. The van der Waals surface area contributed by atoms with Crippen LogP contribution < -0.4 is 5.32 Å². The summed E-state index contributed by atoms with van der Waals surface area (Å²) in [6.45, 7) is 2.42. The highest BCUT2D eigenvalue weighted by Gasteiger charge is 2.28. The van der Waals surface area contributed by atoms with Crippen LogP contribution in [0.2, 0.25) is 0 Å². The predicted molar refractivity (Wildman–Crippen MR) is 99.9 cm³/mol. The summed E-state index contributed by atoms with van der Waals surface area (Å²) in [5, 5.41) is 3.63. The fourth-order valence-electron chi connectivity index (χ4n) is 3.41. The molecule has 5 nitrogen and oxygen atoms in total. The normalized spacial score (nSPS) is 14.9. The fourth-order valence-corrected chi connectivity index (χ4v) is 4.27. The molecule has 3 aromatic rings. The topological polar surface area (TPSA) is 58.4 Å². The number of carbonyl (C=O) groups excluding carboxylic acids is 1. The fraction of sp³-hybridized carbons (Fsp3) is 0.368. The van der Waals surface area contributed by atoms with Crippen LogP contribution in [-0.4, -0.2) is 22.0 Å². The molecular weight excluding hydrogens is 334 g/mol. The van der Waals surface area contributed by atoms with Crippen molar-refractivity contribution in [2.45, 2.75) is 45.2 Å². The van der Waals surface area contributed by atoms with Crippen LogP contribution in [-0.2, 0) is 6.54 Å². The van der Waals surface area contributed by atoms with Crippen molar-refractivity contribution in [1.82, 2.24) is 9.88 Å². The summed E-state index contributed by atoms with van der Waals surface area (Å²) in [6, 6.07) is 12.0. The number of urea groups is 1. The third-order valence-corrected chi connectivity index (χ3v) is 5.61. The molecule has 1 N–H and O–H groups in total. The number of hydrogen-bond donors (Lipinski definition) is 1. The van der Waals surface area contributed by atoms with Crippen LogP contribution in [0, 0.1) is 6.92 Å². The largest absolute Gasteiger partial charge is 0.464 e. The first-order valence-electron chi connectivity index (χ1n) is 8.67. The second-order valence-corrected chi connectivity index (χ2v) is 7.53.